The van der Waals surface area contributed by atoms with Gasteiger partial charge in [0.05, 0.1) is 5.56 Å². The fourth-order valence-electron chi connectivity index (χ4n) is 1.62. The van der Waals surface area contributed by atoms with Crippen LogP contribution in [0.5, 0.6) is 0 Å². The zero-order chi connectivity index (χ0) is 15.4. The summed E-state index contributed by atoms with van der Waals surface area (Å²) in [6.07, 6.45) is -0.934. The molecule has 0 spiro atoms. The van der Waals surface area contributed by atoms with Gasteiger partial charge in [-0.2, -0.15) is 0 Å². The predicted octanol–water partition coefficient (Wildman–Crippen LogP) is 2.48. The van der Waals surface area contributed by atoms with Gasteiger partial charge in [0.15, 0.2) is 11.9 Å². The molecule has 21 heavy (non-hydrogen) atoms. The molecule has 2 rings (SSSR count). The van der Waals surface area contributed by atoms with Gasteiger partial charge in [-0.05, 0) is 32.9 Å². The fraction of sp³-hybridized carbons (Fsp3) is 0.267. The summed E-state index contributed by atoms with van der Waals surface area (Å²) < 4.78 is 9.94. The van der Waals surface area contributed by atoms with Crippen LogP contribution in [0.1, 0.15) is 28.6 Å². The molecule has 0 fully saturated rings. The number of esters is 1. The largest absolute Gasteiger partial charge is 0.449 e. The molecule has 2 aromatic rings. The summed E-state index contributed by atoms with van der Waals surface area (Å²) in [5, 5.41) is 6.15. The maximum atomic E-state index is 11.9. The van der Waals surface area contributed by atoms with Crippen molar-refractivity contribution in [2.45, 2.75) is 26.9 Å². The number of carbonyl (C=O) groups is 2. The van der Waals surface area contributed by atoms with Crippen LogP contribution in [0, 0.1) is 13.8 Å². The van der Waals surface area contributed by atoms with E-state index in [0.717, 1.165) is 5.56 Å². The first-order valence-electron chi connectivity index (χ1n) is 6.47. The van der Waals surface area contributed by atoms with E-state index in [1.54, 1.807) is 37.3 Å². The minimum Gasteiger partial charge on any atom is -0.449 e. The van der Waals surface area contributed by atoms with Crippen molar-refractivity contribution in [2.24, 2.45) is 0 Å². The van der Waals surface area contributed by atoms with Crippen LogP contribution in [0.25, 0.3) is 0 Å². The Morgan fingerprint density at radius 3 is 2.48 bits per heavy atom. The molecular weight excluding hydrogens is 272 g/mol. The summed E-state index contributed by atoms with van der Waals surface area (Å²) in [5.41, 5.74) is 1.44. The van der Waals surface area contributed by atoms with E-state index in [1.165, 1.54) is 6.92 Å². The van der Waals surface area contributed by atoms with E-state index in [-0.39, 0.29) is 5.82 Å². The van der Waals surface area contributed by atoms with E-state index >= 15 is 0 Å². The number of hydrogen-bond donors (Lipinski definition) is 1. The molecular formula is C15H16N2O4. The lowest BCUT2D eigenvalue weighted by molar-refractivity contribution is -0.123. The lowest BCUT2D eigenvalue weighted by Crippen LogP contribution is -2.30. The Morgan fingerprint density at radius 2 is 1.90 bits per heavy atom. The summed E-state index contributed by atoms with van der Waals surface area (Å²) in [6, 6.07) is 8.50. The van der Waals surface area contributed by atoms with Gasteiger partial charge in [0.25, 0.3) is 5.91 Å². The van der Waals surface area contributed by atoms with E-state index < -0.39 is 18.0 Å². The average Bonchev–Trinajstić information content (AvgIpc) is 2.84. The number of aromatic nitrogens is 1. The van der Waals surface area contributed by atoms with Gasteiger partial charge in [-0.1, -0.05) is 22.9 Å². The van der Waals surface area contributed by atoms with Crippen molar-refractivity contribution in [3.05, 3.63) is 47.2 Å². The average molecular weight is 288 g/mol. The molecule has 0 aliphatic rings. The van der Waals surface area contributed by atoms with E-state index in [4.69, 9.17) is 9.26 Å². The lowest BCUT2D eigenvalue weighted by Gasteiger charge is -2.12. The summed E-state index contributed by atoms with van der Waals surface area (Å²) in [6.45, 7) is 5.13. The topological polar surface area (TPSA) is 81.4 Å². The Kier molecular flexibility index (Phi) is 4.37. The normalized spacial score (nSPS) is 11.8. The molecule has 1 aromatic heterocycles. The van der Waals surface area contributed by atoms with Crippen molar-refractivity contribution < 1.29 is 18.8 Å². The number of aryl methyl sites for hydroxylation is 2. The molecule has 1 amide bonds. The first-order valence-corrected chi connectivity index (χ1v) is 6.47. The van der Waals surface area contributed by atoms with Crippen LogP contribution in [0.2, 0.25) is 0 Å². The standard InChI is InChI=1S/C15H16N2O4/c1-9-4-6-12(7-5-9)15(19)20-11(3)14(18)16-13-8-10(2)21-17-13/h4-8,11H,1-3H3,(H,16,17,18)/t11-/m1/s1. The molecule has 0 radical (unpaired) electrons. The number of benzene rings is 1. The van der Waals surface area contributed by atoms with E-state index in [2.05, 4.69) is 10.5 Å². The number of rotatable bonds is 4. The Labute approximate surface area is 122 Å². The van der Waals surface area contributed by atoms with Gasteiger partial charge in [-0.25, -0.2) is 4.79 Å². The minimum atomic E-state index is -0.934. The highest BCUT2D eigenvalue weighted by Crippen LogP contribution is 2.10. The maximum absolute atomic E-state index is 11.9. The third-order valence-corrected chi connectivity index (χ3v) is 2.82. The fourth-order valence-corrected chi connectivity index (χ4v) is 1.62. The first kappa shape index (κ1) is 14.8. The maximum Gasteiger partial charge on any atom is 0.338 e. The second-order valence-electron chi connectivity index (χ2n) is 4.73. The third kappa shape index (κ3) is 3.92. The predicted molar refractivity (Wildman–Crippen MR) is 75.9 cm³/mol. The molecule has 6 nitrogen and oxygen atoms in total. The lowest BCUT2D eigenvalue weighted by atomic mass is 10.1. The van der Waals surface area contributed by atoms with Gasteiger partial charge in [-0.15, -0.1) is 0 Å². The molecule has 1 aromatic carbocycles. The van der Waals surface area contributed by atoms with Crippen molar-refractivity contribution >= 4 is 17.7 Å². The van der Waals surface area contributed by atoms with Gasteiger partial charge in [0.1, 0.15) is 5.76 Å². The Hall–Kier alpha value is -2.63. The third-order valence-electron chi connectivity index (χ3n) is 2.82. The number of amides is 1. The second-order valence-corrected chi connectivity index (χ2v) is 4.73. The number of nitrogens with zero attached hydrogens (tertiary/aromatic N) is 1. The van der Waals surface area contributed by atoms with Gasteiger partial charge in [0, 0.05) is 6.07 Å². The molecule has 1 heterocycles. The summed E-state index contributed by atoms with van der Waals surface area (Å²) >= 11 is 0. The van der Waals surface area contributed by atoms with Crippen LogP contribution in [0.3, 0.4) is 0 Å². The van der Waals surface area contributed by atoms with Crippen LogP contribution in [-0.4, -0.2) is 23.1 Å². The molecule has 110 valence electrons. The second kappa shape index (κ2) is 6.21. The quantitative estimate of drug-likeness (QED) is 0.874. The van der Waals surface area contributed by atoms with Crippen LogP contribution in [0.4, 0.5) is 5.82 Å². The number of ether oxygens (including phenoxy) is 1. The first-order chi connectivity index (χ1) is 9.95. The van der Waals surface area contributed by atoms with Crippen LogP contribution < -0.4 is 5.32 Å². The van der Waals surface area contributed by atoms with E-state index in [0.29, 0.717) is 11.3 Å². The summed E-state index contributed by atoms with van der Waals surface area (Å²) in [7, 11) is 0. The van der Waals surface area contributed by atoms with Crippen molar-refractivity contribution in [3.63, 3.8) is 0 Å². The van der Waals surface area contributed by atoms with Crippen LogP contribution >= 0.6 is 0 Å². The molecule has 6 heteroatoms. The summed E-state index contributed by atoms with van der Waals surface area (Å²) in [4.78, 5) is 23.8. The highest BCUT2D eigenvalue weighted by atomic mass is 16.5. The molecule has 0 unspecified atom stereocenters. The number of carbonyl (C=O) groups excluding carboxylic acids is 2. The van der Waals surface area contributed by atoms with E-state index in [9.17, 15) is 9.59 Å². The van der Waals surface area contributed by atoms with E-state index in [1.807, 2.05) is 6.92 Å². The molecule has 0 bridgehead atoms. The molecule has 0 saturated carbocycles. The SMILES string of the molecule is Cc1ccc(C(=O)O[C@H](C)C(=O)Nc2cc(C)on2)cc1. The molecule has 1 N–H and O–H groups in total. The molecule has 0 aliphatic heterocycles. The number of hydrogen-bond acceptors (Lipinski definition) is 5. The van der Waals surface area contributed by atoms with Gasteiger partial charge in [-0.3, -0.25) is 4.79 Å². The summed E-state index contributed by atoms with van der Waals surface area (Å²) in [5.74, 6) is -0.150. The molecule has 1 atom stereocenters. The smallest absolute Gasteiger partial charge is 0.338 e. The Bertz CT molecular complexity index is 646. The van der Waals surface area contributed by atoms with Crippen molar-refractivity contribution in [3.8, 4) is 0 Å². The zero-order valence-corrected chi connectivity index (χ0v) is 12.0. The van der Waals surface area contributed by atoms with Gasteiger partial charge in [0.2, 0.25) is 0 Å². The monoisotopic (exact) mass is 288 g/mol. The van der Waals surface area contributed by atoms with Crippen molar-refractivity contribution in [1.29, 1.82) is 0 Å². The highest BCUT2D eigenvalue weighted by Gasteiger charge is 2.19. The van der Waals surface area contributed by atoms with Crippen LogP contribution in [-0.2, 0) is 9.53 Å². The zero-order valence-electron chi connectivity index (χ0n) is 12.0. The number of nitrogens with one attached hydrogen (secondary N) is 1. The highest BCUT2D eigenvalue weighted by molar-refractivity contribution is 5.96. The van der Waals surface area contributed by atoms with Crippen LogP contribution in [0.15, 0.2) is 34.9 Å². The minimum absolute atomic E-state index is 0.288. The van der Waals surface area contributed by atoms with Crippen molar-refractivity contribution in [2.75, 3.05) is 5.32 Å². The van der Waals surface area contributed by atoms with Gasteiger partial charge < -0.3 is 14.6 Å². The van der Waals surface area contributed by atoms with Gasteiger partial charge >= 0.3 is 5.97 Å². The Morgan fingerprint density at radius 1 is 1.24 bits per heavy atom. The Balaban J connectivity index is 1.93. The van der Waals surface area contributed by atoms with Crippen molar-refractivity contribution in [1.82, 2.24) is 5.16 Å². The molecule has 0 aliphatic carbocycles. The number of anilines is 1. The molecule has 0 saturated heterocycles.